The van der Waals surface area contributed by atoms with Gasteiger partial charge < -0.3 is 20.0 Å². The number of nitrogens with zero attached hydrogens (tertiary/aromatic N) is 1. The number of amides is 1. The Labute approximate surface area is 122 Å². The Morgan fingerprint density at radius 3 is 2.61 bits per heavy atom. The average molecular weight is 266 g/mol. The number of aliphatic carboxylic acids is 1. The number of hydrogen-bond acceptors (Lipinski definition) is 6. The summed E-state index contributed by atoms with van der Waals surface area (Å²) in [4.78, 5) is 25.7. The smallest absolute Gasteiger partial charge is 0.548 e. The Morgan fingerprint density at radius 1 is 1.56 bits per heavy atom. The number of hydrogen-bond donors (Lipinski definition) is 1. The molecular formula is C10H15LiN2O4S. The maximum Gasteiger partial charge on any atom is 1.00 e. The van der Waals surface area contributed by atoms with Crippen molar-refractivity contribution in [3.05, 3.63) is 0 Å². The van der Waals surface area contributed by atoms with Crippen LogP contribution in [0.25, 0.3) is 0 Å². The fourth-order valence-electron chi connectivity index (χ4n) is 1.10. The van der Waals surface area contributed by atoms with Gasteiger partial charge in [-0.15, -0.1) is 11.8 Å². The van der Waals surface area contributed by atoms with Crippen LogP contribution in [-0.4, -0.2) is 41.0 Å². The van der Waals surface area contributed by atoms with Gasteiger partial charge in [0.2, 0.25) is 0 Å². The molecule has 1 N–H and O–H groups in total. The van der Waals surface area contributed by atoms with Crippen molar-refractivity contribution in [2.24, 2.45) is 4.99 Å². The molecule has 0 aliphatic carbocycles. The molecule has 0 unspecified atom stereocenters. The SMILES string of the molecule is CC(C)(C)OC(=O)NCC1=N[C@H](C(=O)[O-])CS1.[Li+]. The second kappa shape index (κ2) is 7.07. The summed E-state index contributed by atoms with van der Waals surface area (Å²) in [5.41, 5.74) is -0.553. The van der Waals surface area contributed by atoms with Gasteiger partial charge in [0, 0.05) is 5.75 Å². The number of carbonyl (C=O) groups is 2. The Bertz CT molecular complexity index is 354. The van der Waals surface area contributed by atoms with Crippen molar-refractivity contribution >= 4 is 28.9 Å². The summed E-state index contributed by atoms with van der Waals surface area (Å²) in [5.74, 6) is -0.835. The number of carboxylic acids is 1. The first kappa shape index (κ1) is 17.4. The quantitative estimate of drug-likeness (QED) is 0.543. The van der Waals surface area contributed by atoms with Gasteiger partial charge in [0.05, 0.1) is 23.6 Å². The van der Waals surface area contributed by atoms with Gasteiger partial charge in [-0.3, -0.25) is 4.99 Å². The van der Waals surface area contributed by atoms with Crippen molar-refractivity contribution in [1.82, 2.24) is 5.32 Å². The van der Waals surface area contributed by atoms with E-state index in [1.165, 1.54) is 11.8 Å². The van der Waals surface area contributed by atoms with Crippen molar-refractivity contribution < 1.29 is 38.3 Å². The molecule has 0 aromatic carbocycles. The largest absolute Gasteiger partial charge is 1.00 e. The Kier molecular flexibility index (Phi) is 6.82. The first-order valence-corrected chi connectivity index (χ1v) is 6.13. The normalized spacial score (nSPS) is 18.6. The minimum absolute atomic E-state index is 0. The van der Waals surface area contributed by atoms with Crippen LogP contribution in [0.1, 0.15) is 20.8 Å². The molecule has 0 saturated heterocycles. The summed E-state index contributed by atoms with van der Waals surface area (Å²) in [6, 6.07) is -0.810. The first-order chi connectivity index (χ1) is 7.78. The molecule has 1 heterocycles. The number of thioether (sulfide) groups is 1. The predicted molar refractivity (Wildman–Crippen MR) is 62.9 cm³/mol. The summed E-state index contributed by atoms with van der Waals surface area (Å²) in [6.45, 7) is 5.48. The number of carbonyl (C=O) groups excluding carboxylic acids is 2. The van der Waals surface area contributed by atoms with Gasteiger partial charge in [0.15, 0.2) is 0 Å². The van der Waals surface area contributed by atoms with Crippen molar-refractivity contribution in [2.45, 2.75) is 32.4 Å². The van der Waals surface area contributed by atoms with Crippen molar-refractivity contribution in [2.75, 3.05) is 12.3 Å². The molecule has 1 aliphatic rings. The maximum absolute atomic E-state index is 11.3. The van der Waals surface area contributed by atoms with Gasteiger partial charge in [-0.25, -0.2) is 4.79 Å². The summed E-state index contributed by atoms with van der Waals surface area (Å²) in [7, 11) is 0. The first-order valence-electron chi connectivity index (χ1n) is 5.15. The van der Waals surface area contributed by atoms with E-state index >= 15 is 0 Å². The van der Waals surface area contributed by atoms with Crippen LogP contribution >= 0.6 is 11.8 Å². The Morgan fingerprint density at radius 2 is 2.17 bits per heavy atom. The third-order valence-electron chi connectivity index (χ3n) is 1.76. The number of ether oxygens (including phenoxy) is 1. The van der Waals surface area contributed by atoms with E-state index in [0.717, 1.165) is 0 Å². The molecule has 0 aromatic heterocycles. The van der Waals surface area contributed by atoms with E-state index < -0.39 is 23.7 Å². The minimum Gasteiger partial charge on any atom is -0.548 e. The molecular weight excluding hydrogens is 251 g/mol. The van der Waals surface area contributed by atoms with E-state index in [1.54, 1.807) is 20.8 Å². The number of rotatable bonds is 3. The second-order valence-electron chi connectivity index (χ2n) is 4.52. The van der Waals surface area contributed by atoms with Crippen LogP contribution in [0.5, 0.6) is 0 Å². The number of alkyl carbamates (subject to hydrolysis) is 1. The number of carboxylic acid groups (broad SMARTS) is 1. The third-order valence-corrected chi connectivity index (χ3v) is 2.83. The molecule has 0 radical (unpaired) electrons. The average Bonchev–Trinajstić information content (AvgIpc) is 2.60. The monoisotopic (exact) mass is 266 g/mol. The Hall–Kier alpha value is -0.643. The molecule has 1 amide bonds. The predicted octanol–water partition coefficient (Wildman–Crippen LogP) is -3.22. The molecule has 1 atom stereocenters. The van der Waals surface area contributed by atoms with Gasteiger partial charge in [-0.1, -0.05) is 0 Å². The summed E-state index contributed by atoms with van der Waals surface area (Å²) >= 11 is 1.30. The fraction of sp³-hybridized carbons (Fsp3) is 0.700. The molecule has 18 heavy (non-hydrogen) atoms. The van der Waals surface area contributed by atoms with Gasteiger partial charge in [-0.05, 0) is 20.8 Å². The maximum atomic E-state index is 11.3. The molecule has 8 heteroatoms. The molecule has 96 valence electrons. The van der Waals surface area contributed by atoms with Gasteiger partial charge in [-0.2, -0.15) is 0 Å². The van der Waals surface area contributed by atoms with E-state index in [0.29, 0.717) is 10.8 Å². The van der Waals surface area contributed by atoms with E-state index in [9.17, 15) is 14.7 Å². The third kappa shape index (κ3) is 6.33. The van der Waals surface area contributed by atoms with Crippen molar-refractivity contribution in [3.8, 4) is 0 Å². The van der Waals surface area contributed by atoms with Crippen LogP contribution < -0.4 is 29.3 Å². The molecule has 0 aromatic rings. The van der Waals surface area contributed by atoms with Crippen LogP contribution in [-0.2, 0) is 9.53 Å². The van der Waals surface area contributed by atoms with Crippen LogP contribution in [0.3, 0.4) is 0 Å². The van der Waals surface area contributed by atoms with Gasteiger partial charge in [0.25, 0.3) is 0 Å². The molecule has 0 saturated carbocycles. The number of nitrogens with one attached hydrogen (secondary N) is 1. The van der Waals surface area contributed by atoms with Crippen LogP contribution in [0.4, 0.5) is 4.79 Å². The standard InChI is InChI=1S/C10H16N2O4S.Li/c1-10(2,3)16-9(15)11-4-7-12-6(5-17-7)8(13)14;/h6H,4-5H2,1-3H3,(H,11,15)(H,13,14);/q;+1/p-1/t6-;/m0./s1. The molecule has 1 rings (SSSR count). The molecule has 0 spiro atoms. The molecule has 0 fully saturated rings. The topological polar surface area (TPSA) is 90.8 Å². The van der Waals surface area contributed by atoms with E-state index in [2.05, 4.69) is 10.3 Å². The summed E-state index contributed by atoms with van der Waals surface area (Å²) in [6.07, 6.45) is -0.544. The zero-order chi connectivity index (χ0) is 13.1. The summed E-state index contributed by atoms with van der Waals surface area (Å²) in [5, 5.41) is 13.6. The molecule has 0 bridgehead atoms. The second-order valence-corrected chi connectivity index (χ2v) is 5.62. The van der Waals surface area contributed by atoms with Crippen molar-refractivity contribution in [3.63, 3.8) is 0 Å². The molecule has 6 nitrogen and oxygen atoms in total. The van der Waals surface area contributed by atoms with Crippen LogP contribution in [0.15, 0.2) is 4.99 Å². The van der Waals surface area contributed by atoms with Gasteiger partial charge in [0.1, 0.15) is 5.60 Å². The van der Waals surface area contributed by atoms with Crippen LogP contribution in [0, 0.1) is 0 Å². The van der Waals surface area contributed by atoms with Gasteiger partial charge >= 0.3 is 25.0 Å². The molecule has 1 aliphatic heterocycles. The van der Waals surface area contributed by atoms with E-state index in [4.69, 9.17) is 4.74 Å². The van der Waals surface area contributed by atoms with Crippen LogP contribution in [0.2, 0.25) is 0 Å². The fourth-order valence-corrected chi connectivity index (χ4v) is 2.04. The minimum atomic E-state index is -1.19. The zero-order valence-corrected chi connectivity index (χ0v) is 11.8. The zero-order valence-electron chi connectivity index (χ0n) is 11.0. The Balaban J connectivity index is 0.00000289. The number of aliphatic imine (C=N–C) groups is 1. The van der Waals surface area contributed by atoms with Crippen molar-refractivity contribution in [1.29, 1.82) is 0 Å². The summed E-state index contributed by atoms with van der Waals surface area (Å²) < 4.78 is 5.03. The van der Waals surface area contributed by atoms with E-state index in [-0.39, 0.29) is 25.4 Å². The van der Waals surface area contributed by atoms with E-state index in [1.807, 2.05) is 0 Å².